The number of esters is 1. The number of carbonyl (C=O) groups excluding carboxylic acids is 1. The molecule has 0 aliphatic heterocycles. The first-order chi connectivity index (χ1) is 12.3. The first-order valence-electron chi connectivity index (χ1n) is 7.85. The lowest BCUT2D eigenvalue weighted by Crippen LogP contribution is -2.24. The molecule has 0 aliphatic rings. The minimum atomic E-state index is -3.56. The van der Waals surface area contributed by atoms with Crippen LogP contribution in [0.25, 0.3) is 0 Å². The largest absolute Gasteiger partial charge is 0.423 e. The second kappa shape index (κ2) is 8.45. The van der Waals surface area contributed by atoms with Crippen LogP contribution in [0.15, 0.2) is 53.4 Å². The number of rotatable bonds is 7. The summed E-state index contributed by atoms with van der Waals surface area (Å²) in [6, 6.07) is 11.8. The first kappa shape index (κ1) is 19.4. The molecule has 9 heteroatoms. The van der Waals surface area contributed by atoms with Crippen molar-refractivity contribution in [2.24, 2.45) is 5.73 Å². The van der Waals surface area contributed by atoms with E-state index in [1.807, 2.05) is 6.92 Å². The van der Waals surface area contributed by atoms with E-state index in [4.69, 9.17) is 15.9 Å². The average Bonchev–Trinajstić information content (AvgIpc) is 2.60. The summed E-state index contributed by atoms with van der Waals surface area (Å²) in [7, 11) is -3.56. The number of nitrogens with two attached hydrogens (primary N) is 1. The molecule has 0 heterocycles. The number of nitrogens with one attached hydrogen (secondary N) is 3. The van der Waals surface area contributed by atoms with Crippen LogP contribution >= 0.6 is 0 Å². The molecule has 0 spiro atoms. The van der Waals surface area contributed by atoms with Gasteiger partial charge in [0, 0.05) is 12.2 Å². The minimum Gasteiger partial charge on any atom is -0.423 e. The molecule has 0 amide bonds. The normalized spacial score (nSPS) is 11.0. The molecule has 0 radical (unpaired) electrons. The number of benzene rings is 2. The van der Waals surface area contributed by atoms with Crippen LogP contribution in [0, 0.1) is 5.41 Å². The fraction of sp³-hybridized carbons (Fsp3) is 0.176. The second-order valence-electron chi connectivity index (χ2n) is 5.37. The Morgan fingerprint density at radius 3 is 2.27 bits per heavy atom. The van der Waals surface area contributed by atoms with Crippen molar-refractivity contribution in [1.82, 2.24) is 4.72 Å². The molecule has 0 aromatic heterocycles. The highest BCUT2D eigenvalue weighted by Gasteiger charge is 2.14. The van der Waals surface area contributed by atoms with E-state index in [1.54, 1.807) is 12.1 Å². The van der Waals surface area contributed by atoms with E-state index in [-0.39, 0.29) is 16.6 Å². The highest BCUT2D eigenvalue weighted by Crippen LogP contribution is 2.18. The second-order valence-corrected chi connectivity index (χ2v) is 7.14. The molecule has 138 valence electrons. The van der Waals surface area contributed by atoms with Gasteiger partial charge in [0.15, 0.2) is 5.96 Å². The Balaban J connectivity index is 2.04. The Labute approximate surface area is 151 Å². The molecule has 0 saturated heterocycles. The van der Waals surface area contributed by atoms with Crippen molar-refractivity contribution in [3.8, 4) is 5.75 Å². The van der Waals surface area contributed by atoms with E-state index in [0.29, 0.717) is 24.2 Å². The number of sulfonamides is 1. The van der Waals surface area contributed by atoms with E-state index in [9.17, 15) is 13.2 Å². The van der Waals surface area contributed by atoms with Crippen LogP contribution in [-0.2, 0) is 10.0 Å². The van der Waals surface area contributed by atoms with Crippen molar-refractivity contribution in [3.63, 3.8) is 0 Å². The SMILES string of the molecule is CCCNS(=O)(=O)c1ccc(OC(=O)c2ccc(NC(=N)N)cc2)cc1. The summed E-state index contributed by atoms with van der Waals surface area (Å²) >= 11 is 0. The van der Waals surface area contributed by atoms with Crippen LogP contribution in [0.4, 0.5) is 5.69 Å². The smallest absolute Gasteiger partial charge is 0.343 e. The van der Waals surface area contributed by atoms with Crippen molar-refractivity contribution >= 4 is 27.6 Å². The molecule has 0 bridgehead atoms. The monoisotopic (exact) mass is 376 g/mol. The maximum absolute atomic E-state index is 12.1. The quantitative estimate of drug-likeness (QED) is 0.252. The van der Waals surface area contributed by atoms with Gasteiger partial charge in [0.1, 0.15) is 5.75 Å². The van der Waals surface area contributed by atoms with Crippen molar-refractivity contribution in [2.75, 3.05) is 11.9 Å². The van der Waals surface area contributed by atoms with E-state index >= 15 is 0 Å². The third-order valence-electron chi connectivity index (χ3n) is 3.29. The van der Waals surface area contributed by atoms with Crippen LogP contribution in [0.5, 0.6) is 5.75 Å². The maximum atomic E-state index is 12.1. The van der Waals surface area contributed by atoms with Gasteiger partial charge < -0.3 is 15.8 Å². The van der Waals surface area contributed by atoms with Gasteiger partial charge in [-0.05, 0) is 55.0 Å². The van der Waals surface area contributed by atoms with Gasteiger partial charge in [-0.15, -0.1) is 0 Å². The first-order valence-corrected chi connectivity index (χ1v) is 9.33. The summed E-state index contributed by atoms with van der Waals surface area (Å²) in [6.07, 6.45) is 0.690. The van der Waals surface area contributed by atoms with Crippen LogP contribution in [0.2, 0.25) is 0 Å². The van der Waals surface area contributed by atoms with Gasteiger partial charge in [0.2, 0.25) is 10.0 Å². The van der Waals surface area contributed by atoms with Crippen molar-refractivity contribution in [3.05, 3.63) is 54.1 Å². The predicted octanol–water partition coefficient (Wildman–Crippen LogP) is 1.90. The van der Waals surface area contributed by atoms with Crippen molar-refractivity contribution in [1.29, 1.82) is 5.41 Å². The Bertz CT molecular complexity index is 878. The topological polar surface area (TPSA) is 134 Å². The molecule has 2 aromatic carbocycles. The molecule has 26 heavy (non-hydrogen) atoms. The van der Waals surface area contributed by atoms with Gasteiger partial charge in [-0.25, -0.2) is 17.9 Å². The van der Waals surface area contributed by atoms with Crippen LogP contribution < -0.4 is 20.5 Å². The zero-order chi connectivity index (χ0) is 19.2. The van der Waals surface area contributed by atoms with Gasteiger partial charge in [-0.3, -0.25) is 5.41 Å². The molecule has 0 atom stereocenters. The summed E-state index contributed by atoms with van der Waals surface area (Å²) in [6.45, 7) is 2.22. The predicted molar refractivity (Wildman–Crippen MR) is 98.9 cm³/mol. The summed E-state index contributed by atoms with van der Waals surface area (Å²) in [5.41, 5.74) is 6.11. The van der Waals surface area contributed by atoms with Gasteiger partial charge in [0.05, 0.1) is 10.5 Å². The molecule has 0 saturated carbocycles. The molecule has 2 aromatic rings. The van der Waals surface area contributed by atoms with E-state index < -0.39 is 16.0 Å². The van der Waals surface area contributed by atoms with Crippen molar-refractivity contribution < 1.29 is 17.9 Å². The Hall–Kier alpha value is -2.91. The summed E-state index contributed by atoms with van der Waals surface area (Å²) in [5, 5.41) is 9.75. The number of carbonyl (C=O) groups is 1. The lowest BCUT2D eigenvalue weighted by Gasteiger charge is -2.08. The van der Waals surface area contributed by atoms with E-state index in [2.05, 4.69) is 10.0 Å². The molecular formula is C17H20N4O4S. The molecule has 2 rings (SSSR count). The number of ether oxygens (including phenoxy) is 1. The average molecular weight is 376 g/mol. The number of guanidine groups is 1. The molecule has 5 N–H and O–H groups in total. The van der Waals surface area contributed by atoms with Gasteiger partial charge in [-0.1, -0.05) is 6.92 Å². The number of hydrogen-bond acceptors (Lipinski definition) is 5. The highest BCUT2D eigenvalue weighted by molar-refractivity contribution is 7.89. The number of anilines is 1. The zero-order valence-corrected chi connectivity index (χ0v) is 15.0. The molecular weight excluding hydrogens is 356 g/mol. The summed E-state index contributed by atoms with van der Waals surface area (Å²) in [4.78, 5) is 12.2. The summed E-state index contributed by atoms with van der Waals surface area (Å²) in [5.74, 6) is -0.557. The Morgan fingerprint density at radius 1 is 1.12 bits per heavy atom. The highest BCUT2D eigenvalue weighted by atomic mass is 32.2. The van der Waals surface area contributed by atoms with Crippen LogP contribution in [0.3, 0.4) is 0 Å². The molecule has 0 unspecified atom stereocenters. The molecule has 0 fully saturated rings. The Morgan fingerprint density at radius 2 is 1.73 bits per heavy atom. The van der Waals surface area contributed by atoms with Gasteiger partial charge >= 0.3 is 5.97 Å². The third-order valence-corrected chi connectivity index (χ3v) is 4.76. The van der Waals surface area contributed by atoms with E-state index in [0.717, 1.165) is 0 Å². The van der Waals surface area contributed by atoms with Gasteiger partial charge in [0.25, 0.3) is 0 Å². The fourth-order valence-corrected chi connectivity index (χ4v) is 3.15. The maximum Gasteiger partial charge on any atom is 0.343 e. The minimum absolute atomic E-state index is 0.102. The van der Waals surface area contributed by atoms with Crippen LogP contribution in [-0.4, -0.2) is 26.9 Å². The zero-order valence-electron chi connectivity index (χ0n) is 14.2. The Kier molecular flexibility index (Phi) is 6.31. The lowest BCUT2D eigenvalue weighted by molar-refractivity contribution is 0.0734. The van der Waals surface area contributed by atoms with Gasteiger partial charge in [-0.2, -0.15) is 0 Å². The molecule has 8 nitrogen and oxygen atoms in total. The fourth-order valence-electron chi connectivity index (χ4n) is 2.02. The number of hydrogen-bond donors (Lipinski definition) is 4. The summed E-state index contributed by atoms with van der Waals surface area (Å²) < 4.78 is 31.7. The molecule has 0 aliphatic carbocycles. The van der Waals surface area contributed by atoms with Crippen molar-refractivity contribution in [2.45, 2.75) is 18.2 Å². The lowest BCUT2D eigenvalue weighted by atomic mass is 10.2. The third kappa shape index (κ3) is 5.30. The standard InChI is InChI=1S/C17H20N4O4S/c1-2-11-20-26(23,24)15-9-7-14(8-10-15)25-16(22)12-3-5-13(6-4-12)21-17(18)19/h3-10,20H,2,11H2,1H3,(H4,18,19,21). The van der Waals surface area contributed by atoms with E-state index in [1.165, 1.54) is 36.4 Å². The van der Waals surface area contributed by atoms with Crippen LogP contribution in [0.1, 0.15) is 23.7 Å².